The van der Waals surface area contributed by atoms with Crippen LogP contribution in [0.2, 0.25) is 5.02 Å². The molecule has 190 valence electrons. The standard InChI is InChI=1S/C28H39ClN4O2/c1-2-3-15-33-17-11-25(31-26(28(33)35)12-16-32-13-5-4-6-14-32)20-30-27(34)23-8-7-22-19-24(29)10-9-21(22)18-23/h7-10,18-19,25-26,31H,2-6,11-17,20H2,1H3,(H,30,34)/t25-,26-/m1/s1. The highest BCUT2D eigenvalue weighted by atomic mass is 35.5. The fraction of sp³-hybridized carbons (Fsp3) is 0.571. The van der Waals surface area contributed by atoms with Crippen molar-refractivity contribution in [2.75, 3.05) is 39.3 Å². The summed E-state index contributed by atoms with van der Waals surface area (Å²) in [7, 11) is 0. The van der Waals surface area contributed by atoms with Crippen LogP contribution in [0.3, 0.4) is 0 Å². The topological polar surface area (TPSA) is 64.7 Å². The number of hydrogen-bond acceptors (Lipinski definition) is 4. The summed E-state index contributed by atoms with van der Waals surface area (Å²) in [5.74, 6) is 0.129. The van der Waals surface area contributed by atoms with Crippen molar-refractivity contribution >= 4 is 34.2 Å². The van der Waals surface area contributed by atoms with E-state index in [0.717, 1.165) is 69.2 Å². The lowest BCUT2D eigenvalue weighted by Gasteiger charge is -2.30. The van der Waals surface area contributed by atoms with Crippen LogP contribution in [-0.2, 0) is 4.79 Å². The number of unbranched alkanes of at least 4 members (excludes halogenated alkanes) is 1. The molecule has 0 unspecified atom stereocenters. The van der Waals surface area contributed by atoms with Crippen LogP contribution in [0, 0.1) is 0 Å². The highest BCUT2D eigenvalue weighted by molar-refractivity contribution is 6.31. The number of likely N-dealkylation sites (tertiary alicyclic amines) is 1. The molecule has 7 heteroatoms. The molecule has 2 fully saturated rings. The maximum Gasteiger partial charge on any atom is 0.251 e. The van der Waals surface area contributed by atoms with Gasteiger partial charge in [0.1, 0.15) is 0 Å². The summed E-state index contributed by atoms with van der Waals surface area (Å²) < 4.78 is 0. The molecule has 0 aromatic heterocycles. The molecule has 4 rings (SSSR count). The SMILES string of the molecule is CCCCN1CC[C@H](CNC(=O)c2ccc3cc(Cl)ccc3c2)N[C@H](CCN2CCCCC2)C1=O. The Bertz CT molecular complexity index is 1010. The number of hydrogen-bond donors (Lipinski definition) is 2. The van der Waals surface area contributed by atoms with Gasteiger partial charge in [-0.05, 0) is 80.2 Å². The second kappa shape index (κ2) is 12.7. The van der Waals surface area contributed by atoms with Crippen LogP contribution >= 0.6 is 11.6 Å². The van der Waals surface area contributed by atoms with Crippen molar-refractivity contribution in [3.63, 3.8) is 0 Å². The normalized spacial score (nSPS) is 21.8. The minimum absolute atomic E-state index is 0.0696. The zero-order valence-electron chi connectivity index (χ0n) is 20.9. The first-order valence-electron chi connectivity index (χ1n) is 13.3. The summed E-state index contributed by atoms with van der Waals surface area (Å²) in [6.07, 6.45) is 7.59. The minimum Gasteiger partial charge on any atom is -0.350 e. The van der Waals surface area contributed by atoms with Gasteiger partial charge < -0.3 is 20.4 Å². The molecule has 0 spiro atoms. The van der Waals surface area contributed by atoms with Gasteiger partial charge in [0.15, 0.2) is 0 Å². The number of carbonyl (C=O) groups excluding carboxylic acids is 2. The third-order valence-corrected chi connectivity index (χ3v) is 7.57. The molecule has 6 nitrogen and oxygen atoms in total. The summed E-state index contributed by atoms with van der Waals surface area (Å²) in [6, 6.07) is 11.2. The summed E-state index contributed by atoms with van der Waals surface area (Å²) in [6.45, 7) is 7.45. The zero-order chi connectivity index (χ0) is 24.6. The lowest BCUT2D eigenvalue weighted by atomic mass is 10.1. The highest BCUT2D eigenvalue weighted by Crippen LogP contribution is 2.21. The molecule has 2 aliphatic heterocycles. The van der Waals surface area contributed by atoms with E-state index in [4.69, 9.17) is 11.6 Å². The van der Waals surface area contributed by atoms with Gasteiger partial charge in [-0.1, -0.05) is 43.5 Å². The lowest BCUT2D eigenvalue weighted by Crippen LogP contribution is -2.50. The van der Waals surface area contributed by atoms with E-state index in [0.29, 0.717) is 17.1 Å². The van der Waals surface area contributed by atoms with Crippen LogP contribution in [-0.4, -0.2) is 73.0 Å². The van der Waals surface area contributed by atoms with Gasteiger partial charge in [0, 0.05) is 42.8 Å². The number of carbonyl (C=O) groups is 2. The van der Waals surface area contributed by atoms with E-state index in [2.05, 4.69) is 22.5 Å². The molecule has 0 bridgehead atoms. The average Bonchev–Trinajstić information content (AvgIpc) is 3.03. The Hall–Kier alpha value is -2.15. The molecule has 0 saturated carbocycles. The first-order valence-corrected chi connectivity index (χ1v) is 13.7. The van der Waals surface area contributed by atoms with Gasteiger partial charge in [-0.2, -0.15) is 0 Å². The quantitative estimate of drug-likeness (QED) is 0.536. The van der Waals surface area contributed by atoms with Gasteiger partial charge in [-0.3, -0.25) is 9.59 Å². The number of piperidine rings is 1. The zero-order valence-corrected chi connectivity index (χ0v) is 21.7. The summed E-state index contributed by atoms with van der Waals surface area (Å²) in [5.41, 5.74) is 0.635. The Kier molecular flexibility index (Phi) is 9.41. The summed E-state index contributed by atoms with van der Waals surface area (Å²) in [4.78, 5) is 30.8. The van der Waals surface area contributed by atoms with Gasteiger partial charge in [0.25, 0.3) is 5.91 Å². The molecular formula is C28H39ClN4O2. The van der Waals surface area contributed by atoms with E-state index in [1.54, 1.807) is 0 Å². The van der Waals surface area contributed by atoms with Crippen molar-refractivity contribution in [2.45, 2.75) is 64.0 Å². The smallest absolute Gasteiger partial charge is 0.251 e. The van der Waals surface area contributed by atoms with Gasteiger partial charge in [-0.15, -0.1) is 0 Å². The van der Waals surface area contributed by atoms with E-state index >= 15 is 0 Å². The third kappa shape index (κ3) is 7.18. The Morgan fingerprint density at radius 1 is 1.06 bits per heavy atom. The molecular weight excluding hydrogens is 460 g/mol. The Morgan fingerprint density at radius 2 is 1.83 bits per heavy atom. The van der Waals surface area contributed by atoms with Crippen molar-refractivity contribution in [3.8, 4) is 0 Å². The van der Waals surface area contributed by atoms with Gasteiger partial charge >= 0.3 is 0 Å². The fourth-order valence-electron chi connectivity index (χ4n) is 5.19. The predicted octanol–water partition coefficient (Wildman–Crippen LogP) is 4.46. The first-order chi connectivity index (χ1) is 17.0. The number of fused-ring (bicyclic) bond motifs is 1. The highest BCUT2D eigenvalue weighted by Gasteiger charge is 2.31. The van der Waals surface area contributed by atoms with E-state index < -0.39 is 0 Å². The number of nitrogens with one attached hydrogen (secondary N) is 2. The van der Waals surface area contributed by atoms with Crippen LogP contribution in [0.5, 0.6) is 0 Å². The molecule has 2 aliphatic rings. The van der Waals surface area contributed by atoms with Crippen molar-refractivity contribution < 1.29 is 9.59 Å². The van der Waals surface area contributed by atoms with E-state index in [-0.39, 0.29) is 23.9 Å². The summed E-state index contributed by atoms with van der Waals surface area (Å²) in [5, 5.41) is 9.40. The molecule has 2 aromatic carbocycles. The Labute approximate surface area is 214 Å². The molecule has 2 aromatic rings. The second-order valence-electron chi connectivity index (χ2n) is 9.99. The maximum absolute atomic E-state index is 13.3. The second-order valence-corrected chi connectivity index (χ2v) is 10.4. The van der Waals surface area contributed by atoms with Crippen molar-refractivity contribution in [3.05, 3.63) is 47.0 Å². The van der Waals surface area contributed by atoms with E-state index in [1.165, 1.54) is 19.3 Å². The van der Waals surface area contributed by atoms with Crippen LogP contribution in [0.1, 0.15) is 62.2 Å². The van der Waals surface area contributed by atoms with Crippen LogP contribution in [0.15, 0.2) is 36.4 Å². The molecule has 2 amide bonds. The van der Waals surface area contributed by atoms with Crippen LogP contribution in [0.4, 0.5) is 0 Å². The van der Waals surface area contributed by atoms with Crippen molar-refractivity contribution in [1.29, 1.82) is 0 Å². The molecule has 0 aliphatic carbocycles. The number of nitrogens with zero attached hydrogens (tertiary/aromatic N) is 2. The number of rotatable bonds is 9. The molecule has 2 N–H and O–H groups in total. The molecule has 35 heavy (non-hydrogen) atoms. The van der Waals surface area contributed by atoms with Crippen LogP contribution in [0.25, 0.3) is 10.8 Å². The molecule has 0 radical (unpaired) electrons. The number of halogens is 1. The Balaban J connectivity index is 1.37. The third-order valence-electron chi connectivity index (χ3n) is 7.33. The first kappa shape index (κ1) is 25.9. The van der Waals surface area contributed by atoms with E-state index in [1.807, 2.05) is 41.3 Å². The van der Waals surface area contributed by atoms with Crippen molar-refractivity contribution in [2.24, 2.45) is 0 Å². The fourth-order valence-corrected chi connectivity index (χ4v) is 5.37. The number of benzene rings is 2. The van der Waals surface area contributed by atoms with Crippen LogP contribution < -0.4 is 10.6 Å². The maximum atomic E-state index is 13.3. The monoisotopic (exact) mass is 498 g/mol. The van der Waals surface area contributed by atoms with Gasteiger partial charge in [-0.25, -0.2) is 0 Å². The Morgan fingerprint density at radius 3 is 2.63 bits per heavy atom. The van der Waals surface area contributed by atoms with Gasteiger partial charge in [0.2, 0.25) is 5.91 Å². The average molecular weight is 499 g/mol. The van der Waals surface area contributed by atoms with Gasteiger partial charge in [0.05, 0.1) is 6.04 Å². The molecule has 2 saturated heterocycles. The van der Waals surface area contributed by atoms with Crippen molar-refractivity contribution in [1.82, 2.24) is 20.4 Å². The molecule has 2 heterocycles. The lowest BCUT2D eigenvalue weighted by molar-refractivity contribution is -0.133. The summed E-state index contributed by atoms with van der Waals surface area (Å²) >= 11 is 6.08. The minimum atomic E-state index is -0.191. The number of amides is 2. The molecule has 2 atom stereocenters. The van der Waals surface area contributed by atoms with E-state index in [9.17, 15) is 9.59 Å². The largest absolute Gasteiger partial charge is 0.350 e. The predicted molar refractivity (Wildman–Crippen MR) is 143 cm³/mol.